The predicted molar refractivity (Wildman–Crippen MR) is 109 cm³/mol. The van der Waals surface area contributed by atoms with E-state index >= 15 is 0 Å². The summed E-state index contributed by atoms with van der Waals surface area (Å²) >= 11 is 0. The number of carbonyl (C=O) groups is 1. The fraction of sp³-hybridized carbons (Fsp3) is 0.958. The smallest absolute Gasteiger partial charge is 0.303 e. The molecule has 2 unspecified atom stereocenters. The highest BCUT2D eigenvalue weighted by Gasteiger charge is 2.63. The van der Waals surface area contributed by atoms with Gasteiger partial charge in [-0.15, -0.1) is 0 Å². The van der Waals surface area contributed by atoms with Gasteiger partial charge in [0.25, 0.3) is 0 Å². The molecule has 0 aromatic carbocycles. The van der Waals surface area contributed by atoms with Crippen molar-refractivity contribution in [3.8, 4) is 0 Å². The first-order chi connectivity index (χ1) is 13.2. The maximum Gasteiger partial charge on any atom is 0.303 e. The van der Waals surface area contributed by atoms with Crippen LogP contribution in [0.3, 0.4) is 0 Å². The molecular weight excluding hydrogens is 352 g/mol. The SMILES string of the molecule is C[C@H](CCC(=O)O)[C@H]1CC[C@H]2[C@@H]3CCC4CC(O)CC[C@]4(C)[C@H]3C[C@H](O)[C@]12C. The van der Waals surface area contributed by atoms with Gasteiger partial charge in [-0.3, -0.25) is 4.79 Å². The standard InChI is InChI=1S/C24H40O4/c1-14(4-9-22(27)28)18-7-8-19-17-6-5-15-12-16(25)10-11-23(15,2)20(17)13-21(26)24(18,19)3/h14-21,25-26H,4-13H2,1-3H3,(H,27,28)/t14-,15?,16?,17+,18-,19+,20+,21+,23+,24-/m1/s1. The molecule has 10 atom stereocenters. The van der Waals surface area contributed by atoms with Crippen LogP contribution in [0, 0.1) is 46.3 Å². The van der Waals surface area contributed by atoms with Crippen molar-refractivity contribution in [2.45, 2.75) is 97.2 Å². The molecule has 4 aliphatic rings. The molecule has 160 valence electrons. The van der Waals surface area contributed by atoms with Crippen molar-refractivity contribution in [1.29, 1.82) is 0 Å². The number of hydrogen-bond donors (Lipinski definition) is 3. The van der Waals surface area contributed by atoms with Crippen molar-refractivity contribution in [1.82, 2.24) is 0 Å². The molecule has 0 aromatic heterocycles. The van der Waals surface area contributed by atoms with Crippen molar-refractivity contribution >= 4 is 5.97 Å². The van der Waals surface area contributed by atoms with Crippen molar-refractivity contribution in [2.75, 3.05) is 0 Å². The summed E-state index contributed by atoms with van der Waals surface area (Å²) in [6, 6.07) is 0. The number of carboxylic acids is 1. The lowest BCUT2D eigenvalue weighted by Gasteiger charge is -2.62. The average molecular weight is 393 g/mol. The molecule has 0 amide bonds. The van der Waals surface area contributed by atoms with Crippen LogP contribution in [0.2, 0.25) is 0 Å². The summed E-state index contributed by atoms with van der Waals surface area (Å²) < 4.78 is 0. The van der Waals surface area contributed by atoms with E-state index in [-0.39, 0.29) is 29.5 Å². The number of aliphatic hydroxyl groups excluding tert-OH is 2. The van der Waals surface area contributed by atoms with Crippen LogP contribution in [0.25, 0.3) is 0 Å². The summed E-state index contributed by atoms with van der Waals surface area (Å²) in [7, 11) is 0. The highest BCUT2D eigenvalue weighted by Crippen LogP contribution is 2.68. The summed E-state index contributed by atoms with van der Waals surface area (Å²) in [5, 5.41) is 30.8. The molecular formula is C24H40O4. The number of fused-ring (bicyclic) bond motifs is 5. The van der Waals surface area contributed by atoms with Crippen LogP contribution in [-0.4, -0.2) is 33.5 Å². The second-order valence-electron chi connectivity index (χ2n) is 11.3. The molecule has 28 heavy (non-hydrogen) atoms. The molecule has 4 saturated carbocycles. The number of rotatable bonds is 4. The Balaban J connectivity index is 1.56. The Hall–Kier alpha value is -0.610. The van der Waals surface area contributed by atoms with Gasteiger partial charge in [-0.25, -0.2) is 0 Å². The van der Waals surface area contributed by atoms with Crippen LogP contribution >= 0.6 is 0 Å². The van der Waals surface area contributed by atoms with E-state index in [1.54, 1.807) is 0 Å². The monoisotopic (exact) mass is 392 g/mol. The van der Waals surface area contributed by atoms with Crippen molar-refractivity contribution in [3.63, 3.8) is 0 Å². The van der Waals surface area contributed by atoms with Crippen LogP contribution < -0.4 is 0 Å². The first kappa shape index (κ1) is 20.7. The first-order valence-corrected chi connectivity index (χ1v) is 11.8. The van der Waals surface area contributed by atoms with E-state index in [1.165, 1.54) is 19.3 Å². The molecule has 4 fully saturated rings. The van der Waals surface area contributed by atoms with Gasteiger partial charge in [-0.05, 0) is 104 Å². The highest BCUT2D eigenvalue weighted by molar-refractivity contribution is 5.66. The molecule has 0 aromatic rings. The molecule has 4 nitrogen and oxygen atoms in total. The van der Waals surface area contributed by atoms with E-state index in [0.29, 0.717) is 35.5 Å². The molecule has 0 spiro atoms. The lowest BCUT2D eigenvalue weighted by Crippen LogP contribution is -2.58. The summed E-state index contributed by atoms with van der Waals surface area (Å²) in [5.74, 6) is 2.55. The van der Waals surface area contributed by atoms with E-state index in [1.807, 2.05) is 0 Å². The van der Waals surface area contributed by atoms with Crippen LogP contribution in [-0.2, 0) is 4.79 Å². The fourth-order valence-electron chi connectivity index (χ4n) is 8.71. The Morgan fingerprint density at radius 1 is 1.04 bits per heavy atom. The van der Waals surface area contributed by atoms with E-state index in [4.69, 9.17) is 5.11 Å². The lowest BCUT2D eigenvalue weighted by atomic mass is 9.43. The number of aliphatic carboxylic acids is 1. The zero-order valence-electron chi connectivity index (χ0n) is 17.9. The molecule has 0 heterocycles. The fourth-order valence-corrected chi connectivity index (χ4v) is 8.71. The zero-order valence-corrected chi connectivity index (χ0v) is 17.9. The molecule has 0 radical (unpaired) electrons. The largest absolute Gasteiger partial charge is 0.481 e. The normalized spacial score (nSPS) is 51.7. The number of carboxylic acid groups (broad SMARTS) is 1. The third-order valence-corrected chi connectivity index (χ3v) is 10.3. The Kier molecular flexibility index (Phi) is 5.36. The maximum absolute atomic E-state index is 11.5. The van der Waals surface area contributed by atoms with Gasteiger partial charge in [0.1, 0.15) is 0 Å². The molecule has 4 heteroatoms. The third kappa shape index (κ3) is 3.05. The van der Waals surface area contributed by atoms with Gasteiger partial charge in [0.15, 0.2) is 0 Å². The minimum absolute atomic E-state index is 0.0591. The third-order valence-electron chi connectivity index (χ3n) is 10.3. The van der Waals surface area contributed by atoms with E-state index in [2.05, 4.69) is 20.8 Å². The first-order valence-electron chi connectivity index (χ1n) is 11.8. The van der Waals surface area contributed by atoms with Crippen molar-refractivity contribution in [3.05, 3.63) is 0 Å². The Morgan fingerprint density at radius 2 is 1.79 bits per heavy atom. The van der Waals surface area contributed by atoms with Gasteiger partial charge >= 0.3 is 5.97 Å². The number of hydrogen-bond acceptors (Lipinski definition) is 3. The Bertz CT molecular complexity index is 605. The molecule has 0 saturated heterocycles. The van der Waals surface area contributed by atoms with Gasteiger partial charge in [-0.2, -0.15) is 0 Å². The molecule has 4 aliphatic carbocycles. The molecule has 0 bridgehead atoms. The maximum atomic E-state index is 11.5. The summed E-state index contributed by atoms with van der Waals surface area (Å²) in [4.78, 5) is 11.1. The number of aliphatic hydroxyl groups is 2. The van der Waals surface area contributed by atoms with E-state index in [9.17, 15) is 15.0 Å². The quantitative estimate of drug-likeness (QED) is 0.659. The van der Waals surface area contributed by atoms with Crippen LogP contribution in [0.1, 0.15) is 85.0 Å². The van der Waals surface area contributed by atoms with E-state index < -0.39 is 5.97 Å². The second-order valence-corrected chi connectivity index (χ2v) is 11.3. The van der Waals surface area contributed by atoms with Gasteiger partial charge in [0.05, 0.1) is 12.2 Å². The summed E-state index contributed by atoms with van der Waals surface area (Å²) in [6.45, 7) is 6.99. The summed E-state index contributed by atoms with van der Waals surface area (Å²) in [6.07, 6.45) is 9.26. The van der Waals surface area contributed by atoms with Crippen LogP contribution in [0.4, 0.5) is 0 Å². The molecule has 3 N–H and O–H groups in total. The van der Waals surface area contributed by atoms with Gasteiger partial charge < -0.3 is 15.3 Å². The topological polar surface area (TPSA) is 77.8 Å². The Morgan fingerprint density at radius 3 is 2.50 bits per heavy atom. The van der Waals surface area contributed by atoms with Gasteiger partial charge in [0, 0.05) is 6.42 Å². The predicted octanol–water partition coefficient (Wildman–Crippen LogP) is 4.48. The minimum Gasteiger partial charge on any atom is -0.481 e. The lowest BCUT2D eigenvalue weighted by molar-refractivity contribution is -0.175. The van der Waals surface area contributed by atoms with Crippen molar-refractivity contribution in [2.24, 2.45) is 46.3 Å². The second kappa shape index (κ2) is 7.27. The zero-order chi connectivity index (χ0) is 20.3. The van der Waals surface area contributed by atoms with E-state index in [0.717, 1.165) is 38.5 Å². The minimum atomic E-state index is -0.707. The van der Waals surface area contributed by atoms with Crippen molar-refractivity contribution < 1.29 is 20.1 Å². The molecule has 4 rings (SSSR count). The Labute approximate surface area is 170 Å². The van der Waals surface area contributed by atoms with Crippen LogP contribution in [0.5, 0.6) is 0 Å². The van der Waals surface area contributed by atoms with Gasteiger partial charge in [0.2, 0.25) is 0 Å². The average Bonchev–Trinajstić information content (AvgIpc) is 3.00. The van der Waals surface area contributed by atoms with Crippen LogP contribution in [0.15, 0.2) is 0 Å². The highest BCUT2D eigenvalue weighted by atomic mass is 16.4. The summed E-state index contributed by atoms with van der Waals surface area (Å²) in [5.41, 5.74) is 0.216. The van der Waals surface area contributed by atoms with Gasteiger partial charge in [-0.1, -0.05) is 20.8 Å². The molecule has 0 aliphatic heterocycles.